The first-order valence-corrected chi connectivity index (χ1v) is 11.3. The molecule has 170 valence electrons. The minimum Gasteiger partial charge on any atom is -0.386 e. The summed E-state index contributed by atoms with van der Waals surface area (Å²) in [6.07, 6.45) is 7.66. The molecule has 1 amide bonds. The number of amides is 1. The Bertz CT molecular complexity index is 1110. The Hall–Kier alpha value is -2.80. The molecule has 1 saturated carbocycles. The SMILES string of the molecule is CC(C)C1CCC(n2cc3cc(NC(=O)c4ccc(F)cn4)c(C(C)(C)O)cc3n2)CC1. The molecule has 0 bridgehead atoms. The Balaban J connectivity index is 1.63. The van der Waals surface area contributed by atoms with Crippen LogP contribution in [0.1, 0.15) is 75.5 Å². The summed E-state index contributed by atoms with van der Waals surface area (Å²) in [5.41, 5.74) is 0.752. The van der Waals surface area contributed by atoms with Crippen LogP contribution in [0.4, 0.5) is 10.1 Å². The standard InChI is InChI=1S/C25H31FN4O2/c1-15(2)16-5-8-19(9-6-16)30-14-17-11-23(20(25(3,4)32)12-22(17)29-30)28-24(31)21-10-7-18(26)13-27-21/h7,10-16,19,32H,5-6,8-9H2,1-4H3,(H,28,31). The third kappa shape index (κ3) is 4.67. The number of aromatic nitrogens is 3. The third-order valence-electron chi connectivity index (χ3n) is 6.59. The van der Waals surface area contributed by atoms with E-state index in [4.69, 9.17) is 5.10 Å². The quantitative estimate of drug-likeness (QED) is 0.556. The second-order valence-corrected chi connectivity index (χ2v) is 9.75. The van der Waals surface area contributed by atoms with E-state index in [1.165, 1.54) is 25.0 Å². The normalized spacial score (nSPS) is 19.5. The highest BCUT2D eigenvalue weighted by Crippen LogP contribution is 2.37. The van der Waals surface area contributed by atoms with E-state index in [1.807, 2.05) is 23.0 Å². The van der Waals surface area contributed by atoms with Gasteiger partial charge in [-0.3, -0.25) is 9.48 Å². The van der Waals surface area contributed by atoms with Crippen molar-refractivity contribution in [1.82, 2.24) is 14.8 Å². The minimum atomic E-state index is -1.19. The highest BCUT2D eigenvalue weighted by atomic mass is 19.1. The van der Waals surface area contributed by atoms with Gasteiger partial charge in [0.25, 0.3) is 5.91 Å². The molecule has 6 nitrogen and oxygen atoms in total. The molecule has 1 aliphatic carbocycles. The van der Waals surface area contributed by atoms with E-state index in [1.54, 1.807) is 13.8 Å². The van der Waals surface area contributed by atoms with Gasteiger partial charge in [0.05, 0.1) is 23.4 Å². The maximum Gasteiger partial charge on any atom is 0.274 e. The molecule has 2 aromatic heterocycles. The lowest BCUT2D eigenvalue weighted by atomic mass is 9.80. The average molecular weight is 439 g/mol. The van der Waals surface area contributed by atoms with Gasteiger partial charge in [-0.1, -0.05) is 13.8 Å². The van der Waals surface area contributed by atoms with Crippen molar-refractivity contribution in [2.45, 2.75) is 65.0 Å². The monoisotopic (exact) mass is 438 g/mol. The number of carbonyl (C=O) groups is 1. The van der Waals surface area contributed by atoms with Crippen molar-refractivity contribution in [3.05, 3.63) is 53.7 Å². The first-order valence-electron chi connectivity index (χ1n) is 11.3. The van der Waals surface area contributed by atoms with E-state index in [-0.39, 0.29) is 5.69 Å². The largest absolute Gasteiger partial charge is 0.386 e. The number of rotatable bonds is 5. The number of hydrogen-bond donors (Lipinski definition) is 2. The Labute approximate surface area is 187 Å². The van der Waals surface area contributed by atoms with E-state index in [0.29, 0.717) is 23.2 Å². The summed E-state index contributed by atoms with van der Waals surface area (Å²) in [7, 11) is 0. The topological polar surface area (TPSA) is 80.0 Å². The van der Waals surface area contributed by atoms with Crippen molar-refractivity contribution in [2.24, 2.45) is 11.8 Å². The van der Waals surface area contributed by atoms with E-state index in [9.17, 15) is 14.3 Å². The molecular weight excluding hydrogens is 407 g/mol. The number of fused-ring (bicyclic) bond motifs is 1. The van der Waals surface area contributed by atoms with Crippen molar-refractivity contribution in [3.63, 3.8) is 0 Å². The molecule has 2 heterocycles. The van der Waals surface area contributed by atoms with E-state index < -0.39 is 17.3 Å². The molecule has 1 fully saturated rings. The molecule has 7 heteroatoms. The van der Waals surface area contributed by atoms with Crippen LogP contribution in [-0.2, 0) is 5.60 Å². The summed E-state index contributed by atoms with van der Waals surface area (Å²) in [5, 5.41) is 19.3. The summed E-state index contributed by atoms with van der Waals surface area (Å²) < 4.78 is 15.2. The number of aliphatic hydroxyl groups is 1. The molecule has 0 atom stereocenters. The summed E-state index contributed by atoms with van der Waals surface area (Å²) in [6.45, 7) is 7.93. The summed E-state index contributed by atoms with van der Waals surface area (Å²) in [5.74, 6) is 0.521. The van der Waals surface area contributed by atoms with Gasteiger partial charge in [-0.15, -0.1) is 0 Å². The fraction of sp³-hybridized carbons (Fsp3) is 0.480. The van der Waals surface area contributed by atoms with Crippen molar-refractivity contribution in [3.8, 4) is 0 Å². The van der Waals surface area contributed by atoms with Crippen LogP contribution in [0.5, 0.6) is 0 Å². The highest BCUT2D eigenvalue weighted by Gasteiger charge is 2.27. The molecule has 1 aliphatic rings. The highest BCUT2D eigenvalue weighted by molar-refractivity contribution is 6.04. The van der Waals surface area contributed by atoms with Gasteiger partial charge in [0.1, 0.15) is 11.5 Å². The van der Waals surface area contributed by atoms with Gasteiger partial charge >= 0.3 is 0 Å². The second kappa shape index (κ2) is 8.62. The maximum absolute atomic E-state index is 13.2. The molecule has 0 aliphatic heterocycles. The lowest BCUT2D eigenvalue weighted by Gasteiger charge is -2.30. The van der Waals surface area contributed by atoms with Crippen molar-refractivity contribution in [1.29, 1.82) is 0 Å². The van der Waals surface area contributed by atoms with Gasteiger partial charge in [0, 0.05) is 22.8 Å². The smallest absolute Gasteiger partial charge is 0.274 e. The van der Waals surface area contributed by atoms with Crippen LogP contribution in [0, 0.1) is 17.7 Å². The molecule has 4 rings (SSSR count). The summed E-state index contributed by atoms with van der Waals surface area (Å²) >= 11 is 0. The van der Waals surface area contributed by atoms with Crippen molar-refractivity contribution < 1.29 is 14.3 Å². The molecule has 2 N–H and O–H groups in total. The number of benzene rings is 1. The van der Waals surface area contributed by atoms with Crippen molar-refractivity contribution >= 4 is 22.5 Å². The predicted molar refractivity (Wildman–Crippen MR) is 123 cm³/mol. The van der Waals surface area contributed by atoms with Crippen LogP contribution >= 0.6 is 0 Å². The Kier molecular flexibility index (Phi) is 6.03. The number of pyridine rings is 1. The number of anilines is 1. The van der Waals surface area contributed by atoms with Gasteiger partial charge in [-0.05, 0) is 75.6 Å². The molecule has 0 radical (unpaired) electrons. The maximum atomic E-state index is 13.2. The lowest BCUT2D eigenvalue weighted by molar-refractivity contribution is 0.0793. The van der Waals surface area contributed by atoms with Gasteiger partial charge in [-0.2, -0.15) is 5.10 Å². The number of hydrogen-bond acceptors (Lipinski definition) is 4. The van der Waals surface area contributed by atoms with Crippen molar-refractivity contribution in [2.75, 3.05) is 5.32 Å². The van der Waals surface area contributed by atoms with Gasteiger partial charge < -0.3 is 10.4 Å². The van der Waals surface area contributed by atoms with Gasteiger partial charge in [-0.25, -0.2) is 9.37 Å². The van der Waals surface area contributed by atoms with Crippen LogP contribution in [0.3, 0.4) is 0 Å². The number of nitrogens with one attached hydrogen (secondary N) is 1. The van der Waals surface area contributed by atoms with Crippen LogP contribution < -0.4 is 5.32 Å². The number of halogens is 1. The zero-order valence-electron chi connectivity index (χ0n) is 19.1. The summed E-state index contributed by atoms with van der Waals surface area (Å²) in [4.78, 5) is 16.5. The van der Waals surface area contributed by atoms with Crippen LogP contribution in [0.2, 0.25) is 0 Å². The first kappa shape index (κ1) is 22.4. The summed E-state index contributed by atoms with van der Waals surface area (Å²) in [6, 6.07) is 6.56. The zero-order valence-corrected chi connectivity index (χ0v) is 19.1. The van der Waals surface area contributed by atoms with E-state index >= 15 is 0 Å². The predicted octanol–water partition coefficient (Wildman–Crippen LogP) is 5.44. The Morgan fingerprint density at radius 1 is 1.22 bits per heavy atom. The van der Waals surface area contributed by atoms with Gasteiger partial charge in [0.2, 0.25) is 0 Å². The molecule has 0 spiro atoms. The average Bonchev–Trinajstić information content (AvgIpc) is 3.16. The Morgan fingerprint density at radius 2 is 1.94 bits per heavy atom. The molecule has 1 aromatic carbocycles. The Morgan fingerprint density at radius 3 is 2.53 bits per heavy atom. The molecule has 3 aromatic rings. The second-order valence-electron chi connectivity index (χ2n) is 9.75. The van der Waals surface area contributed by atoms with Crippen LogP contribution in [0.15, 0.2) is 36.7 Å². The van der Waals surface area contributed by atoms with E-state index in [0.717, 1.165) is 35.9 Å². The minimum absolute atomic E-state index is 0.103. The third-order valence-corrected chi connectivity index (χ3v) is 6.59. The molecule has 0 unspecified atom stereocenters. The molecule has 0 saturated heterocycles. The van der Waals surface area contributed by atoms with Crippen LogP contribution in [-0.4, -0.2) is 25.8 Å². The first-order chi connectivity index (χ1) is 15.1. The fourth-order valence-electron chi connectivity index (χ4n) is 4.62. The number of nitrogens with zero attached hydrogens (tertiary/aromatic N) is 3. The zero-order chi connectivity index (χ0) is 23.0. The molecular formula is C25H31FN4O2. The fourth-order valence-corrected chi connectivity index (χ4v) is 4.62. The lowest BCUT2D eigenvalue weighted by Crippen LogP contribution is -2.21. The molecule has 32 heavy (non-hydrogen) atoms. The van der Waals surface area contributed by atoms with E-state index in [2.05, 4.69) is 24.1 Å². The van der Waals surface area contributed by atoms with Gasteiger partial charge in [0.15, 0.2) is 0 Å². The number of carbonyl (C=O) groups excluding carboxylic acids is 1. The van der Waals surface area contributed by atoms with Crippen LogP contribution in [0.25, 0.3) is 10.9 Å².